The molecule has 2 fully saturated rings. The Kier molecular flexibility index (Phi) is 5.64. The molecule has 2 rings (SSSR count). The molecule has 0 saturated carbocycles. The first-order valence-electron chi connectivity index (χ1n) is 7.79. The normalized spacial score (nSPS) is 26.5. The zero-order valence-electron chi connectivity index (χ0n) is 12.4. The molecule has 0 radical (unpaired) electrons. The predicted molar refractivity (Wildman–Crippen MR) is 76.1 cm³/mol. The van der Waals surface area contributed by atoms with Gasteiger partial charge in [0.05, 0.1) is 13.2 Å². The summed E-state index contributed by atoms with van der Waals surface area (Å²) in [7, 11) is 0. The van der Waals surface area contributed by atoms with E-state index in [4.69, 9.17) is 4.74 Å². The molecule has 0 aromatic rings. The van der Waals surface area contributed by atoms with Gasteiger partial charge in [0.2, 0.25) is 5.91 Å². The van der Waals surface area contributed by atoms with Crippen molar-refractivity contribution in [3.8, 4) is 0 Å². The summed E-state index contributed by atoms with van der Waals surface area (Å²) in [6, 6.07) is 0.412. The van der Waals surface area contributed by atoms with Crippen LogP contribution in [0.4, 0.5) is 0 Å². The highest BCUT2D eigenvalue weighted by atomic mass is 16.5. The zero-order chi connectivity index (χ0) is 13.7. The molecule has 0 N–H and O–H groups in total. The SMILES string of the molecule is CC(C)C(=O)N1CCCCCC1CN1CCOCC1. The van der Waals surface area contributed by atoms with Crippen molar-refractivity contribution in [3.63, 3.8) is 0 Å². The van der Waals surface area contributed by atoms with Crippen LogP contribution in [-0.4, -0.2) is 61.1 Å². The molecule has 19 heavy (non-hydrogen) atoms. The van der Waals surface area contributed by atoms with E-state index in [1.165, 1.54) is 12.8 Å². The molecule has 0 aromatic heterocycles. The van der Waals surface area contributed by atoms with Crippen LogP contribution in [0.5, 0.6) is 0 Å². The Labute approximate surface area is 117 Å². The minimum absolute atomic E-state index is 0.116. The van der Waals surface area contributed by atoms with Crippen LogP contribution in [0, 0.1) is 5.92 Å². The van der Waals surface area contributed by atoms with Crippen LogP contribution in [0.25, 0.3) is 0 Å². The minimum Gasteiger partial charge on any atom is -0.379 e. The quantitative estimate of drug-likeness (QED) is 0.782. The molecular weight excluding hydrogens is 240 g/mol. The molecular formula is C15H28N2O2. The van der Waals surface area contributed by atoms with Crippen molar-refractivity contribution in [3.05, 3.63) is 0 Å². The Morgan fingerprint density at radius 2 is 1.89 bits per heavy atom. The number of rotatable bonds is 3. The molecule has 2 aliphatic rings. The van der Waals surface area contributed by atoms with Gasteiger partial charge in [-0.2, -0.15) is 0 Å². The first kappa shape index (κ1) is 14.8. The number of hydrogen-bond donors (Lipinski definition) is 0. The third-order valence-corrected chi connectivity index (χ3v) is 4.23. The van der Waals surface area contributed by atoms with Crippen LogP contribution >= 0.6 is 0 Å². The fourth-order valence-corrected chi connectivity index (χ4v) is 3.07. The molecule has 2 aliphatic heterocycles. The average Bonchev–Trinajstić information content (AvgIpc) is 2.64. The number of ether oxygens (including phenoxy) is 1. The summed E-state index contributed by atoms with van der Waals surface area (Å²) < 4.78 is 5.40. The maximum absolute atomic E-state index is 12.4. The Hall–Kier alpha value is -0.610. The van der Waals surface area contributed by atoms with Crippen molar-refractivity contribution in [2.45, 2.75) is 45.6 Å². The molecule has 1 atom stereocenters. The van der Waals surface area contributed by atoms with Crippen LogP contribution in [0.2, 0.25) is 0 Å². The van der Waals surface area contributed by atoms with Crippen molar-refractivity contribution in [2.75, 3.05) is 39.4 Å². The van der Waals surface area contributed by atoms with Gasteiger partial charge in [-0.1, -0.05) is 26.7 Å². The highest BCUT2D eigenvalue weighted by molar-refractivity contribution is 5.78. The monoisotopic (exact) mass is 268 g/mol. The van der Waals surface area contributed by atoms with Crippen molar-refractivity contribution >= 4 is 5.91 Å². The van der Waals surface area contributed by atoms with Crippen LogP contribution in [0.1, 0.15) is 39.5 Å². The van der Waals surface area contributed by atoms with Gasteiger partial charge in [-0.25, -0.2) is 0 Å². The number of carbonyl (C=O) groups excluding carboxylic acids is 1. The molecule has 2 heterocycles. The Morgan fingerprint density at radius 1 is 1.16 bits per heavy atom. The fourth-order valence-electron chi connectivity index (χ4n) is 3.07. The van der Waals surface area contributed by atoms with Crippen molar-refractivity contribution in [1.82, 2.24) is 9.80 Å². The van der Waals surface area contributed by atoms with Gasteiger partial charge < -0.3 is 9.64 Å². The van der Waals surface area contributed by atoms with E-state index < -0.39 is 0 Å². The Morgan fingerprint density at radius 3 is 2.58 bits per heavy atom. The highest BCUT2D eigenvalue weighted by Crippen LogP contribution is 2.20. The minimum atomic E-state index is 0.116. The van der Waals surface area contributed by atoms with Gasteiger partial charge in [0.15, 0.2) is 0 Å². The summed E-state index contributed by atoms with van der Waals surface area (Å²) in [6.07, 6.45) is 4.85. The molecule has 110 valence electrons. The molecule has 0 aromatic carbocycles. The number of morpholine rings is 1. The lowest BCUT2D eigenvalue weighted by molar-refractivity contribution is -0.137. The van der Waals surface area contributed by atoms with E-state index in [0.29, 0.717) is 11.9 Å². The second-order valence-corrected chi connectivity index (χ2v) is 6.10. The van der Waals surface area contributed by atoms with Crippen molar-refractivity contribution in [1.29, 1.82) is 0 Å². The topological polar surface area (TPSA) is 32.8 Å². The lowest BCUT2D eigenvalue weighted by atomic mass is 10.1. The molecule has 0 spiro atoms. The standard InChI is InChI=1S/C15H28N2O2/c1-13(2)15(18)17-7-5-3-4-6-14(17)12-16-8-10-19-11-9-16/h13-14H,3-12H2,1-2H3. The lowest BCUT2D eigenvalue weighted by Gasteiger charge is -2.36. The van der Waals surface area contributed by atoms with E-state index in [2.05, 4.69) is 9.80 Å². The van der Waals surface area contributed by atoms with Gasteiger partial charge >= 0.3 is 0 Å². The summed E-state index contributed by atoms with van der Waals surface area (Å²) in [5.74, 6) is 0.449. The van der Waals surface area contributed by atoms with Crippen molar-refractivity contribution in [2.24, 2.45) is 5.92 Å². The van der Waals surface area contributed by atoms with E-state index >= 15 is 0 Å². The van der Waals surface area contributed by atoms with Gasteiger partial charge in [0.25, 0.3) is 0 Å². The average molecular weight is 268 g/mol. The summed E-state index contributed by atoms with van der Waals surface area (Å²) in [5, 5.41) is 0. The second kappa shape index (κ2) is 7.25. The van der Waals surface area contributed by atoms with Gasteiger partial charge in [-0.3, -0.25) is 9.69 Å². The van der Waals surface area contributed by atoms with Gasteiger partial charge in [0, 0.05) is 38.1 Å². The Bertz CT molecular complexity index is 288. The summed E-state index contributed by atoms with van der Waals surface area (Å²) in [5.41, 5.74) is 0. The largest absolute Gasteiger partial charge is 0.379 e. The molecule has 0 aliphatic carbocycles. The maximum atomic E-state index is 12.4. The molecule has 4 heteroatoms. The predicted octanol–water partition coefficient (Wildman–Crippen LogP) is 1.75. The van der Waals surface area contributed by atoms with Gasteiger partial charge in [0.1, 0.15) is 0 Å². The van der Waals surface area contributed by atoms with E-state index in [-0.39, 0.29) is 5.92 Å². The summed E-state index contributed by atoms with van der Waals surface area (Å²) >= 11 is 0. The van der Waals surface area contributed by atoms with Crippen LogP contribution in [0.3, 0.4) is 0 Å². The Balaban J connectivity index is 1.97. The first-order chi connectivity index (χ1) is 9.18. The third-order valence-electron chi connectivity index (χ3n) is 4.23. The van der Waals surface area contributed by atoms with E-state index in [9.17, 15) is 4.79 Å². The molecule has 0 bridgehead atoms. The number of carbonyl (C=O) groups is 1. The molecule has 1 amide bonds. The summed E-state index contributed by atoms with van der Waals surface area (Å²) in [6.45, 7) is 9.71. The lowest BCUT2D eigenvalue weighted by Crippen LogP contribution is -2.50. The van der Waals surface area contributed by atoms with Crippen LogP contribution in [0.15, 0.2) is 0 Å². The zero-order valence-corrected chi connectivity index (χ0v) is 12.4. The van der Waals surface area contributed by atoms with E-state index in [1.807, 2.05) is 13.8 Å². The van der Waals surface area contributed by atoms with Crippen LogP contribution < -0.4 is 0 Å². The van der Waals surface area contributed by atoms with E-state index in [1.54, 1.807) is 0 Å². The highest BCUT2D eigenvalue weighted by Gasteiger charge is 2.28. The van der Waals surface area contributed by atoms with Crippen LogP contribution in [-0.2, 0) is 9.53 Å². The number of likely N-dealkylation sites (tertiary alicyclic amines) is 1. The number of nitrogens with zero attached hydrogens (tertiary/aromatic N) is 2. The fraction of sp³-hybridized carbons (Fsp3) is 0.933. The van der Waals surface area contributed by atoms with Crippen molar-refractivity contribution < 1.29 is 9.53 Å². The van der Waals surface area contributed by atoms with E-state index in [0.717, 1.165) is 52.2 Å². The summed E-state index contributed by atoms with van der Waals surface area (Å²) in [4.78, 5) is 17.0. The maximum Gasteiger partial charge on any atom is 0.225 e. The molecule has 4 nitrogen and oxygen atoms in total. The number of amides is 1. The van der Waals surface area contributed by atoms with Gasteiger partial charge in [-0.05, 0) is 12.8 Å². The van der Waals surface area contributed by atoms with Gasteiger partial charge in [-0.15, -0.1) is 0 Å². The molecule has 2 saturated heterocycles. The smallest absolute Gasteiger partial charge is 0.225 e. The second-order valence-electron chi connectivity index (χ2n) is 6.10. The first-order valence-corrected chi connectivity index (χ1v) is 7.79. The molecule has 1 unspecified atom stereocenters. The third kappa shape index (κ3) is 4.18. The number of hydrogen-bond acceptors (Lipinski definition) is 3.